The molecule has 4 aromatic rings. The summed E-state index contributed by atoms with van der Waals surface area (Å²) in [7, 11) is 5.34. The molecule has 0 atom stereocenters. The van der Waals surface area contributed by atoms with Crippen molar-refractivity contribution in [3.63, 3.8) is 0 Å². The number of carboxylic acid groups (broad SMARTS) is 2. The van der Waals surface area contributed by atoms with Crippen LogP contribution >= 0.6 is 0 Å². The SMILES string of the molecule is CCCOc1cccc(C=C(Cc2cc3c(cc2OC)OCO3)C(=O)O)c1-c1ccc(N(C)C)cc1OCc1ccccc1C(=O)O. The number of ether oxygens (including phenoxy) is 5. The number of fused-ring (bicyclic) bond motifs is 1. The molecular weight excluding hydrogens is 602 g/mol. The first kappa shape index (κ1) is 32.7. The third kappa shape index (κ3) is 7.44. The van der Waals surface area contributed by atoms with Gasteiger partial charge in [0.25, 0.3) is 0 Å². The van der Waals surface area contributed by atoms with Crippen molar-refractivity contribution in [1.82, 2.24) is 0 Å². The minimum absolute atomic E-state index is 0.000202. The zero-order valence-corrected chi connectivity index (χ0v) is 26.7. The van der Waals surface area contributed by atoms with E-state index in [1.165, 1.54) is 13.2 Å². The molecule has 0 radical (unpaired) electrons. The Bertz CT molecular complexity index is 1810. The zero-order chi connectivity index (χ0) is 33.5. The van der Waals surface area contributed by atoms with Gasteiger partial charge in [-0.15, -0.1) is 0 Å². The molecule has 244 valence electrons. The third-order valence-corrected chi connectivity index (χ3v) is 7.66. The minimum atomic E-state index is -1.10. The smallest absolute Gasteiger partial charge is 0.336 e. The summed E-state index contributed by atoms with van der Waals surface area (Å²) in [6.45, 7) is 2.53. The molecule has 2 N–H and O–H groups in total. The highest BCUT2D eigenvalue weighted by atomic mass is 16.7. The molecule has 5 rings (SSSR count). The standard InChI is InChI=1S/C37H37NO9/c1-5-15-44-30-12-8-10-23(16-26(36(39)40)17-25-18-33-34(47-22-46-33)20-31(25)43-4)35(30)29-14-13-27(38(2)3)19-32(29)45-21-24-9-6-7-11-28(24)37(41)42/h6-14,16,18-20H,5,15,17,21-22H2,1-4H3,(H,39,40)(H,41,42). The van der Waals surface area contributed by atoms with Crippen LogP contribution < -0.4 is 28.6 Å². The van der Waals surface area contributed by atoms with Crippen LogP contribution in [0.4, 0.5) is 5.69 Å². The second-order valence-electron chi connectivity index (χ2n) is 11.1. The molecule has 0 aliphatic carbocycles. The van der Waals surface area contributed by atoms with E-state index >= 15 is 0 Å². The van der Waals surface area contributed by atoms with Gasteiger partial charge in [0.05, 0.1) is 19.3 Å². The van der Waals surface area contributed by atoms with Crippen LogP contribution in [-0.2, 0) is 17.8 Å². The number of aliphatic carboxylic acids is 1. The fourth-order valence-electron chi connectivity index (χ4n) is 5.29. The summed E-state index contributed by atoms with van der Waals surface area (Å²) >= 11 is 0. The Morgan fingerprint density at radius 2 is 1.64 bits per heavy atom. The van der Waals surface area contributed by atoms with Crippen molar-refractivity contribution < 1.29 is 43.5 Å². The van der Waals surface area contributed by atoms with Gasteiger partial charge in [0.2, 0.25) is 6.79 Å². The average Bonchev–Trinajstić information content (AvgIpc) is 3.53. The van der Waals surface area contributed by atoms with Gasteiger partial charge in [-0.05, 0) is 48.4 Å². The van der Waals surface area contributed by atoms with Crippen molar-refractivity contribution in [3.8, 4) is 39.9 Å². The first-order valence-electron chi connectivity index (χ1n) is 15.1. The summed E-state index contributed by atoms with van der Waals surface area (Å²) in [5.74, 6) is 0.436. The van der Waals surface area contributed by atoms with E-state index in [-0.39, 0.29) is 31.0 Å². The first-order chi connectivity index (χ1) is 22.7. The van der Waals surface area contributed by atoms with Crippen LogP contribution in [0.3, 0.4) is 0 Å². The van der Waals surface area contributed by atoms with E-state index in [9.17, 15) is 19.8 Å². The van der Waals surface area contributed by atoms with Crippen LogP contribution in [-0.4, -0.2) is 56.8 Å². The molecule has 0 spiro atoms. The number of carbonyl (C=O) groups is 2. The molecular formula is C37H37NO9. The number of carboxylic acids is 2. The fourth-order valence-corrected chi connectivity index (χ4v) is 5.29. The van der Waals surface area contributed by atoms with Gasteiger partial charge in [0, 0.05) is 66.2 Å². The van der Waals surface area contributed by atoms with Crippen LogP contribution in [0.2, 0.25) is 0 Å². The highest BCUT2D eigenvalue weighted by Crippen LogP contribution is 2.43. The van der Waals surface area contributed by atoms with Gasteiger partial charge < -0.3 is 38.8 Å². The van der Waals surface area contributed by atoms with E-state index in [2.05, 4.69) is 0 Å². The van der Waals surface area contributed by atoms with E-state index < -0.39 is 11.9 Å². The molecule has 0 fully saturated rings. The van der Waals surface area contributed by atoms with Crippen LogP contribution in [0.5, 0.6) is 28.7 Å². The number of benzene rings is 4. The van der Waals surface area contributed by atoms with E-state index in [4.69, 9.17) is 23.7 Å². The number of nitrogens with zero attached hydrogens (tertiary/aromatic N) is 1. The van der Waals surface area contributed by atoms with Gasteiger partial charge in [-0.3, -0.25) is 0 Å². The lowest BCUT2D eigenvalue weighted by molar-refractivity contribution is -0.132. The van der Waals surface area contributed by atoms with Crippen LogP contribution in [0.15, 0.2) is 78.4 Å². The average molecular weight is 640 g/mol. The molecule has 0 saturated carbocycles. The highest BCUT2D eigenvalue weighted by molar-refractivity contribution is 5.96. The molecule has 1 aliphatic rings. The molecule has 1 heterocycles. The Morgan fingerprint density at radius 1 is 0.872 bits per heavy atom. The molecule has 0 bridgehead atoms. The Kier molecular flexibility index (Phi) is 10.2. The Labute approximate surface area is 273 Å². The highest BCUT2D eigenvalue weighted by Gasteiger charge is 2.22. The predicted molar refractivity (Wildman–Crippen MR) is 178 cm³/mol. The number of rotatable bonds is 14. The topological polar surface area (TPSA) is 124 Å². The molecule has 47 heavy (non-hydrogen) atoms. The van der Waals surface area contributed by atoms with Crippen molar-refractivity contribution in [2.75, 3.05) is 39.5 Å². The lowest BCUT2D eigenvalue weighted by Gasteiger charge is -2.21. The van der Waals surface area contributed by atoms with Crippen LogP contribution in [0.25, 0.3) is 17.2 Å². The van der Waals surface area contributed by atoms with Gasteiger partial charge in [-0.1, -0.05) is 37.3 Å². The van der Waals surface area contributed by atoms with Gasteiger partial charge in [-0.2, -0.15) is 0 Å². The molecule has 0 aromatic heterocycles. The molecule has 0 unspecified atom stereocenters. The first-order valence-corrected chi connectivity index (χ1v) is 15.1. The lowest BCUT2D eigenvalue weighted by Crippen LogP contribution is -2.10. The Morgan fingerprint density at radius 3 is 2.34 bits per heavy atom. The molecule has 10 heteroatoms. The van der Waals surface area contributed by atoms with E-state index in [1.807, 2.05) is 62.3 Å². The van der Waals surface area contributed by atoms with Gasteiger partial charge >= 0.3 is 11.9 Å². The molecule has 1 aliphatic heterocycles. The lowest BCUT2D eigenvalue weighted by atomic mass is 9.94. The van der Waals surface area contributed by atoms with E-state index in [0.29, 0.717) is 63.2 Å². The predicted octanol–water partition coefficient (Wildman–Crippen LogP) is 6.93. The van der Waals surface area contributed by atoms with E-state index in [0.717, 1.165) is 12.1 Å². The normalized spacial score (nSPS) is 12.0. The number of hydrogen-bond acceptors (Lipinski definition) is 8. The zero-order valence-electron chi connectivity index (χ0n) is 26.7. The van der Waals surface area contributed by atoms with Crippen LogP contribution in [0.1, 0.15) is 40.4 Å². The summed E-state index contributed by atoms with van der Waals surface area (Å²) in [5, 5.41) is 20.1. The van der Waals surface area contributed by atoms with E-state index in [1.54, 1.807) is 36.4 Å². The van der Waals surface area contributed by atoms with Gasteiger partial charge in [0.15, 0.2) is 11.5 Å². The van der Waals surface area contributed by atoms with Crippen molar-refractivity contribution >= 4 is 23.7 Å². The molecule has 10 nitrogen and oxygen atoms in total. The van der Waals surface area contributed by atoms with Crippen molar-refractivity contribution in [2.24, 2.45) is 0 Å². The quantitative estimate of drug-likeness (QED) is 0.140. The number of aromatic carboxylic acids is 1. The summed E-state index contributed by atoms with van der Waals surface area (Å²) in [6.07, 6.45) is 2.44. The van der Waals surface area contributed by atoms with Crippen molar-refractivity contribution in [1.29, 1.82) is 0 Å². The summed E-state index contributed by atoms with van der Waals surface area (Å²) in [5.41, 5.74) is 4.17. The number of methoxy groups -OCH3 is 1. The third-order valence-electron chi connectivity index (χ3n) is 7.66. The second kappa shape index (κ2) is 14.6. The molecule has 4 aromatic carbocycles. The fraction of sp³-hybridized carbons (Fsp3) is 0.243. The van der Waals surface area contributed by atoms with Gasteiger partial charge in [0.1, 0.15) is 23.9 Å². The number of anilines is 1. The Balaban J connectivity index is 1.63. The maximum atomic E-state index is 12.7. The maximum Gasteiger partial charge on any atom is 0.336 e. The summed E-state index contributed by atoms with van der Waals surface area (Å²) < 4.78 is 29.1. The van der Waals surface area contributed by atoms with Gasteiger partial charge in [-0.25, -0.2) is 9.59 Å². The summed E-state index contributed by atoms with van der Waals surface area (Å²) in [4.78, 5) is 26.5. The molecule has 0 saturated heterocycles. The van der Waals surface area contributed by atoms with Crippen molar-refractivity contribution in [2.45, 2.75) is 26.4 Å². The summed E-state index contributed by atoms with van der Waals surface area (Å²) in [6, 6.07) is 21.3. The second-order valence-corrected chi connectivity index (χ2v) is 11.1. The Hall–Kier alpha value is -5.64. The minimum Gasteiger partial charge on any atom is -0.496 e. The largest absolute Gasteiger partial charge is 0.496 e. The van der Waals surface area contributed by atoms with Crippen molar-refractivity contribution in [3.05, 3.63) is 101 Å². The molecule has 0 amide bonds. The van der Waals surface area contributed by atoms with Crippen LogP contribution in [0, 0.1) is 0 Å². The number of hydrogen-bond donors (Lipinski definition) is 2. The monoisotopic (exact) mass is 639 g/mol. The maximum absolute atomic E-state index is 12.7.